The van der Waals surface area contributed by atoms with Gasteiger partial charge in [-0.05, 0) is 42.0 Å². The van der Waals surface area contributed by atoms with E-state index in [9.17, 15) is 14.3 Å². The molecule has 2 aromatic rings. The standard InChI is InChI=1S/C18H18FNO3S/c19-14-3-1-13(2-4-14)17-11-20(9-10-23-17)18(22)12-24-16-7-5-15(21)6-8-16/h1-8,17,21H,9-12H2/t17-/m1/s1. The number of benzene rings is 2. The van der Waals surface area contributed by atoms with E-state index >= 15 is 0 Å². The molecule has 0 saturated carbocycles. The number of ether oxygens (including phenoxy) is 1. The molecule has 0 aromatic heterocycles. The van der Waals surface area contributed by atoms with Crippen molar-refractivity contribution in [2.75, 3.05) is 25.4 Å². The van der Waals surface area contributed by atoms with Crippen molar-refractivity contribution in [3.63, 3.8) is 0 Å². The minimum Gasteiger partial charge on any atom is -0.508 e. The summed E-state index contributed by atoms with van der Waals surface area (Å²) in [6, 6.07) is 13.0. The van der Waals surface area contributed by atoms with Crippen molar-refractivity contribution in [1.29, 1.82) is 0 Å². The molecule has 1 saturated heterocycles. The molecule has 3 rings (SSSR count). The average molecular weight is 347 g/mol. The Kier molecular flexibility index (Phi) is 5.37. The van der Waals surface area contributed by atoms with Crippen LogP contribution in [0.15, 0.2) is 53.4 Å². The molecule has 1 atom stereocenters. The van der Waals surface area contributed by atoms with Gasteiger partial charge in [0.05, 0.1) is 18.9 Å². The first-order valence-electron chi connectivity index (χ1n) is 7.68. The van der Waals surface area contributed by atoms with E-state index in [1.165, 1.54) is 23.9 Å². The molecular formula is C18H18FNO3S. The molecule has 0 aliphatic carbocycles. The van der Waals surface area contributed by atoms with Gasteiger partial charge in [-0.2, -0.15) is 0 Å². The summed E-state index contributed by atoms with van der Waals surface area (Å²) in [7, 11) is 0. The number of carbonyl (C=O) groups is 1. The molecule has 0 unspecified atom stereocenters. The maximum Gasteiger partial charge on any atom is 0.233 e. The van der Waals surface area contributed by atoms with Crippen molar-refractivity contribution >= 4 is 17.7 Å². The SMILES string of the molecule is O=C(CSc1ccc(O)cc1)N1CCO[C@@H](c2ccc(F)cc2)C1. The van der Waals surface area contributed by atoms with E-state index in [0.717, 1.165) is 10.5 Å². The quantitative estimate of drug-likeness (QED) is 0.863. The normalized spacial score (nSPS) is 17.7. The number of halogens is 1. The van der Waals surface area contributed by atoms with Crippen LogP contribution in [0.2, 0.25) is 0 Å². The van der Waals surface area contributed by atoms with Crippen molar-refractivity contribution in [3.05, 3.63) is 59.9 Å². The van der Waals surface area contributed by atoms with E-state index in [4.69, 9.17) is 4.74 Å². The molecule has 4 nitrogen and oxygen atoms in total. The van der Waals surface area contributed by atoms with Crippen molar-refractivity contribution in [1.82, 2.24) is 4.90 Å². The second kappa shape index (κ2) is 7.68. The third-order valence-corrected chi connectivity index (χ3v) is 4.86. The van der Waals surface area contributed by atoms with Crippen LogP contribution in [0.1, 0.15) is 11.7 Å². The molecule has 1 fully saturated rings. The lowest BCUT2D eigenvalue weighted by Crippen LogP contribution is -2.43. The second-order valence-electron chi connectivity index (χ2n) is 5.53. The van der Waals surface area contributed by atoms with E-state index < -0.39 is 0 Å². The summed E-state index contributed by atoms with van der Waals surface area (Å²) in [6.45, 7) is 1.50. The molecule has 1 amide bonds. The fourth-order valence-electron chi connectivity index (χ4n) is 2.53. The van der Waals surface area contributed by atoms with Crippen molar-refractivity contribution in [3.8, 4) is 5.75 Å². The van der Waals surface area contributed by atoms with Crippen LogP contribution in [0.3, 0.4) is 0 Å². The Morgan fingerprint density at radius 3 is 2.62 bits per heavy atom. The topological polar surface area (TPSA) is 49.8 Å². The predicted molar refractivity (Wildman–Crippen MR) is 90.5 cm³/mol. The first-order valence-corrected chi connectivity index (χ1v) is 8.67. The number of carbonyl (C=O) groups excluding carboxylic acids is 1. The third-order valence-electron chi connectivity index (χ3n) is 3.86. The first kappa shape index (κ1) is 16.8. The maximum atomic E-state index is 13.0. The zero-order chi connectivity index (χ0) is 16.9. The Hall–Kier alpha value is -2.05. The summed E-state index contributed by atoms with van der Waals surface area (Å²) in [5.41, 5.74) is 0.875. The van der Waals surface area contributed by atoms with Gasteiger partial charge in [0.15, 0.2) is 0 Å². The number of aromatic hydroxyl groups is 1. The molecule has 2 aromatic carbocycles. The third kappa shape index (κ3) is 4.27. The summed E-state index contributed by atoms with van der Waals surface area (Å²) < 4.78 is 18.7. The highest BCUT2D eigenvalue weighted by Gasteiger charge is 2.25. The minimum atomic E-state index is -0.284. The summed E-state index contributed by atoms with van der Waals surface area (Å²) in [5, 5.41) is 9.27. The molecule has 1 aliphatic rings. The Morgan fingerprint density at radius 1 is 1.21 bits per heavy atom. The second-order valence-corrected chi connectivity index (χ2v) is 6.58. The number of amides is 1. The minimum absolute atomic E-state index is 0.0449. The number of phenols is 1. The van der Waals surface area contributed by atoms with Gasteiger partial charge >= 0.3 is 0 Å². The molecule has 0 bridgehead atoms. The highest BCUT2D eigenvalue weighted by molar-refractivity contribution is 8.00. The number of hydrogen-bond donors (Lipinski definition) is 1. The van der Waals surface area contributed by atoms with Crippen LogP contribution < -0.4 is 0 Å². The van der Waals surface area contributed by atoms with Crippen LogP contribution >= 0.6 is 11.8 Å². The van der Waals surface area contributed by atoms with Crippen LogP contribution in [0, 0.1) is 5.82 Å². The van der Waals surface area contributed by atoms with Gasteiger partial charge in [-0.25, -0.2) is 4.39 Å². The smallest absolute Gasteiger partial charge is 0.233 e. The molecule has 0 radical (unpaired) electrons. The molecule has 24 heavy (non-hydrogen) atoms. The van der Waals surface area contributed by atoms with Crippen LogP contribution in [0.5, 0.6) is 5.75 Å². The maximum absolute atomic E-state index is 13.0. The Labute approximate surface area is 144 Å². The van der Waals surface area contributed by atoms with E-state index in [2.05, 4.69) is 0 Å². The number of nitrogens with zero attached hydrogens (tertiary/aromatic N) is 1. The molecule has 1 heterocycles. The summed E-state index contributed by atoms with van der Waals surface area (Å²) >= 11 is 1.44. The highest BCUT2D eigenvalue weighted by atomic mass is 32.2. The van der Waals surface area contributed by atoms with Crippen molar-refractivity contribution in [2.45, 2.75) is 11.0 Å². The van der Waals surface area contributed by atoms with E-state index in [-0.39, 0.29) is 23.6 Å². The van der Waals surface area contributed by atoms with Crippen LogP contribution in [-0.2, 0) is 9.53 Å². The zero-order valence-corrected chi connectivity index (χ0v) is 13.8. The predicted octanol–water partition coefficient (Wildman–Crippen LogP) is 3.22. The van der Waals surface area contributed by atoms with Crippen LogP contribution in [0.4, 0.5) is 4.39 Å². The molecule has 6 heteroatoms. The van der Waals surface area contributed by atoms with Gasteiger partial charge < -0.3 is 14.7 Å². The largest absolute Gasteiger partial charge is 0.508 e. The summed E-state index contributed by atoms with van der Waals surface area (Å²) in [5.74, 6) is 0.304. The van der Waals surface area contributed by atoms with E-state index in [1.807, 2.05) is 0 Å². The monoisotopic (exact) mass is 347 g/mol. The first-order chi connectivity index (χ1) is 11.6. The Morgan fingerprint density at radius 2 is 1.92 bits per heavy atom. The fourth-order valence-corrected chi connectivity index (χ4v) is 3.33. The number of hydrogen-bond acceptors (Lipinski definition) is 4. The number of rotatable bonds is 4. The van der Waals surface area contributed by atoms with Gasteiger partial charge in [0, 0.05) is 11.4 Å². The van der Waals surface area contributed by atoms with Gasteiger partial charge in [-0.1, -0.05) is 12.1 Å². The van der Waals surface area contributed by atoms with Crippen LogP contribution in [0.25, 0.3) is 0 Å². The number of thioether (sulfide) groups is 1. The lowest BCUT2D eigenvalue weighted by molar-refractivity contribution is -0.136. The molecular weight excluding hydrogens is 329 g/mol. The molecule has 1 N–H and O–H groups in total. The van der Waals surface area contributed by atoms with Crippen LogP contribution in [-0.4, -0.2) is 41.4 Å². The summed E-state index contributed by atoms with van der Waals surface area (Å²) in [4.78, 5) is 15.1. The summed E-state index contributed by atoms with van der Waals surface area (Å²) in [6.07, 6.45) is -0.220. The lowest BCUT2D eigenvalue weighted by Gasteiger charge is -2.33. The molecule has 126 valence electrons. The number of phenolic OH excluding ortho intramolecular Hbond substituents is 1. The van der Waals surface area contributed by atoms with Gasteiger partial charge in [0.25, 0.3) is 0 Å². The van der Waals surface area contributed by atoms with Crippen molar-refractivity contribution < 1.29 is 19.0 Å². The van der Waals surface area contributed by atoms with E-state index in [0.29, 0.717) is 25.4 Å². The Balaban J connectivity index is 1.56. The van der Waals surface area contributed by atoms with Gasteiger partial charge in [-0.15, -0.1) is 11.8 Å². The van der Waals surface area contributed by atoms with Gasteiger partial charge in [-0.3, -0.25) is 4.79 Å². The molecule has 0 spiro atoms. The highest BCUT2D eigenvalue weighted by Crippen LogP contribution is 2.25. The lowest BCUT2D eigenvalue weighted by atomic mass is 10.1. The van der Waals surface area contributed by atoms with Crippen molar-refractivity contribution in [2.24, 2.45) is 0 Å². The zero-order valence-electron chi connectivity index (χ0n) is 13.0. The van der Waals surface area contributed by atoms with Gasteiger partial charge in [0.1, 0.15) is 17.7 Å². The number of morpholine rings is 1. The van der Waals surface area contributed by atoms with Gasteiger partial charge in [0.2, 0.25) is 5.91 Å². The molecule has 1 aliphatic heterocycles. The van der Waals surface area contributed by atoms with E-state index in [1.54, 1.807) is 41.3 Å². The fraction of sp³-hybridized carbons (Fsp3) is 0.278. The Bertz CT molecular complexity index is 690. The average Bonchev–Trinajstić information content (AvgIpc) is 2.62.